The number of rotatable bonds is 1. The molecule has 1 aliphatic rings. The van der Waals surface area contributed by atoms with Crippen LogP contribution >= 0.6 is 18.2 Å². The van der Waals surface area contributed by atoms with Gasteiger partial charge in [-0.3, -0.25) is 9.05 Å². The normalized spacial score (nSPS) is 39.4. The average Bonchev–Trinajstić information content (AvgIpc) is 1.95. The van der Waals surface area contributed by atoms with Crippen LogP contribution in [-0.4, -0.2) is 12.7 Å². The van der Waals surface area contributed by atoms with Crippen molar-refractivity contribution in [1.82, 2.24) is 0 Å². The summed E-state index contributed by atoms with van der Waals surface area (Å²) in [6, 6.07) is 0. The summed E-state index contributed by atoms with van der Waals surface area (Å²) in [4.78, 5) is 0. The lowest BCUT2D eigenvalue weighted by molar-refractivity contribution is -0.0422. The predicted molar refractivity (Wildman–Crippen MR) is 52.9 cm³/mol. The van der Waals surface area contributed by atoms with Crippen molar-refractivity contribution < 1.29 is 13.6 Å². The Kier molecular flexibility index (Phi) is 3.14. The Balaban J connectivity index is 2.82. The van der Waals surface area contributed by atoms with Crippen LogP contribution in [0.2, 0.25) is 0 Å². The van der Waals surface area contributed by atoms with Crippen molar-refractivity contribution in [2.75, 3.05) is 6.61 Å². The second-order valence-corrected chi connectivity index (χ2v) is 7.04. The Hall–Kier alpha value is 0.440. The van der Waals surface area contributed by atoms with Crippen LogP contribution in [0.3, 0.4) is 0 Å². The molecule has 0 aromatic carbocycles. The smallest absolute Gasteiger partial charge is 0.296 e. The quantitative estimate of drug-likeness (QED) is 0.643. The maximum absolute atomic E-state index is 11.4. The van der Waals surface area contributed by atoms with Gasteiger partial charge in [-0.05, 0) is 5.92 Å². The summed E-state index contributed by atoms with van der Waals surface area (Å²) in [5, 5.41) is 0. The van der Waals surface area contributed by atoms with E-state index in [1.165, 1.54) is 0 Å². The third-order valence-corrected chi connectivity index (χ3v) is 3.65. The molecule has 0 aromatic heterocycles. The van der Waals surface area contributed by atoms with E-state index in [4.69, 9.17) is 20.3 Å². The van der Waals surface area contributed by atoms with Crippen molar-refractivity contribution in [3.05, 3.63) is 0 Å². The van der Waals surface area contributed by atoms with E-state index in [0.29, 0.717) is 6.61 Å². The molecule has 1 rings (SSSR count). The Bertz CT molecular complexity index is 240. The van der Waals surface area contributed by atoms with Gasteiger partial charge in [0, 0.05) is 16.7 Å². The summed E-state index contributed by atoms with van der Waals surface area (Å²) in [5.74, 6) is 0.283. The van der Waals surface area contributed by atoms with Gasteiger partial charge >= 0.3 is 6.95 Å². The molecule has 1 heterocycles. The van der Waals surface area contributed by atoms with Crippen LogP contribution in [0.1, 0.15) is 27.7 Å². The molecule has 1 fully saturated rings. The molecule has 1 saturated heterocycles. The maximum Gasteiger partial charge on any atom is 0.424 e. The summed E-state index contributed by atoms with van der Waals surface area (Å²) < 4.78 is 21.6. The minimum absolute atomic E-state index is 0.107. The fraction of sp³-hybridized carbons (Fsp3) is 1.00. The highest BCUT2D eigenvalue weighted by atomic mass is 35.7. The summed E-state index contributed by atoms with van der Waals surface area (Å²) in [7, 11) is 0. The first kappa shape index (κ1) is 11.5. The molecule has 78 valence electrons. The van der Waals surface area contributed by atoms with Gasteiger partial charge in [-0.1, -0.05) is 27.7 Å². The number of hydrogen-bond donors (Lipinski definition) is 0. The number of halogens is 1. The van der Waals surface area contributed by atoms with Crippen LogP contribution in [0.5, 0.6) is 0 Å². The summed E-state index contributed by atoms with van der Waals surface area (Å²) in [6.07, 6.45) is -0.107. The van der Waals surface area contributed by atoms with Crippen molar-refractivity contribution >= 4 is 18.2 Å². The average molecular weight is 227 g/mol. The van der Waals surface area contributed by atoms with Gasteiger partial charge in [-0.15, -0.1) is 0 Å². The second-order valence-electron chi connectivity index (χ2n) is 4.46. The van der Waals surface area contributed by atoms with Gasteiger partial charge in [0.05, 0.1) is 12.7 Å². The highest BCUT2D eigenvalue weighted by Gasteiger charge is 2.44. The third-order valence-electron chi connectivity index (χ3n) is 2.21. The van der Waals surface area contributed by atoms with Crippen molar-refractivity contribution in [1.29, 1.82) is 0 Å². The van der Waals surface area contributed by atoms with E-state index in [-0.39, 0.29) is 17.4 Å². The molecule has 0 aromatic rings. The predicted octanol–water partition coefficient (Wildman–Crippen LogP) is 3.43. The van der Waals surface area contributed by atoms with E-state index >= 15 is 0 Å². The second kappa shape index (κ2) is 3.54. The van der Waals surface area contributed by atoms with Crippen molar-refractivity contribution in [2.24, 2.45) is 11.3 Å². The molecule has 3 nitrogen and oxygen atoms in total. The molecule has 0 saturated carbocycles. The molecule has 0 unspecified atom stereocenters. The first-order chi connectivity index (χ1) is 5.75. The topological polar surface area (TPSA) is 35.5 Å². The van der Waals surface area contributed by atoms with Gasteiger partial charge in [0.2, 0.25) is 0 Å². The van der Waals surface area contributed by atoms with E-state index in [1.807, 2.05) is 27.7 Å². The molecule has 5 heteroatoms. The zero-order valence-electron chi connectivity index (χ0n) is 8.41. The lowest BCUT2D eigenvalue weighted by Crippen LogP contribution is -2.41. The van der Waals surface area contributed by atoms with Gasteiger partial charge in [-0.25, -0.2) is 4.57 Å². The van der Waals surface area contributed by atoms with Gasteiger partial charge in [0.1, 0.15) is 0 Å². The molecule has 0 amide bonds. The summed E-state index contributed by atoms with van der Waals surface area (Å²) in [6.45, 7) is 5.17. The van der Waals surface area contributed by atoms with Crippen LogP contribution in [-0.2, 0) is 13.6 Å². The summed E-state index contributed by atoms with van der Waals surface area (Å²) >= 11 is 5.55. The van der Waals surface area contributed by atoms with Gasteiger partial charge in [0.15, 0.2) is 0 Å². The van der Waals surface area contributed by atoms with E-state index in [9.17, 15) is 4.57 Å². The first-order valence-corrected chi connectivity index (χ1v) is 6.82. The zero-order valence-corrected chi connectivity index (χ0v) is 10.1. The highest BCUT2D eigenvalue weighted by molar-refractivity contribution is 7.81. The Labute approximate surface area is 84.1 Å². The Morgan fingerprint density at radius 1 is 1.54 bits per heavy atom. The van der Waals surface area contributed by atoms with Gasteiger partial charge in [0.25, 0.3) is 0 Å². The van der Waals surface area contributed by atoms with Crippen molar-refractivity contribution in [3.8, 4) is 0 Å². The van der Waals surface area contributed by atoms with Gasteiger partial charge in [-0.2, -0.15) is 0 Å². The molecule has 1 aliphatic heterocycles. The molecule has 2 atom stereocenters. The fourth-order valence-electron chi connectivity index (χ4n) is 1.66. The van der Waals surface area contributed by atoms with Gasteiger partial charge < -0.3 is 0 Å². The Morgan fingerprint density at radius 3 is 2.46 bits per heavy atom. The van der Waals surface area contributed by atoms with E-state index in [0.717, 1.165) is 0 Å². The fourth-order valence-corrected chi connectivity index (χ4v) is 3.41. The molecule has 0 bridgehead atoms. The maximum atomic E-state index is 11.4. The minimum Gasteiger partial charge on any atom is -0.296 e. The molecule has 0 radical (unpaired) electrons. The van der Waals surface area contributed by atoms with Crippen LogP contribution in [0, 0.1) is 11.3 Å². The van der Waals surface area contributed by atoms with Crippen molar-refractivity contribution in [2.45, 2.75) is 33.8 Å². The van der Waals surface area contributed by atoms with Crippen LogP contribution in [0.15, 0.2) is 0 Å². The standard InChI is InChI=1S/C8H16ClO3P/c1-6(2)7-8(3,4)5-11-13(9,10)12-7/h6-7H,5H2,1-4H3/t7-,13-/m1/s1. The first-order valence-electron chi connectivity index (χ1n) is 4.37. The SMILES string of the molecule is CC(C)[C@H]1O[P@@](=O)(Cl)OCC1(C)C. The Morgan fingerprint density at radius 2 is 2.08 bits per heavy atom. The highest BCUT2D eigenvalue weighted by Crippen LogP contribution is 2.61. The minimum atomic E-state index is -3.30. The van der Waals surface area contributed by atoms with E-state index in [1.54, 1.807) is 0 Å². The van der Waals surface area contributed by atoms with Crippen LogP contribution < -0.4 is 0 Å². The molecule has 0 N–H and O–H groups in total. The third kappa shape index (κ3) is 2.69. The summed E-state index contributed by atoms with van der Waals surface area (Å²) in [5.41, 5.74) is -0.128. The molecular formula is C8H16ClO3P. The van der Waals surface area contributed by atoms with Crippen molar-refractivity contribution in [3.63, 3.8) is 0 Å². The van der Waals surface area contributed by atoms with E-state index in [2.05, 4.69) is 0 Å². The molecule has 0 spiro atoms. The lowest BCUT2D eigenvalue weighted by atomic mass is 9.81. The van der Waals surface area contributed by atoms with E-state index < -0.39 is 6.95 Å². The number of hydrogen-bond acceptors (Lipinski definition) is 3. The molecular weight excluding hydrogens is 211 g/mol. The molecule has 0 aliphatic carbocycles. The molecule has 13 heavy (non-hydrogen) atoms. The largest absolute Gasteiger partial charge is 0.424 e. The van der Waals surface area contributed by atoms with Crippen LogP contribution in [0.4, 0.5) is 0 Å². The van der Waals surface area contributed by atoms with Crippen LogP contribution in [0.25, 0.3) is 0 Å². The monoisotopic (exact) mass is 226 g/mol. The zero-order chi connectivity index (χ0) is 10.3. The lowest BCUT2D eigenvalue weighted by Gasteiger charge is -2.41.